The van der Waals surface area contributed by atoms with Gasteiger partial charge in [-0.25, -0.2) is 0 Å². The van der Waals surface area contributed by atoms with Crippen LogP contribution in [0.1, 0.15) is 36.5 Å². The lowest BCUT2D eigenvalue weighted by Crippen LogP contribution is -2.01. The van der Waals surface area contributed by atoms with Crippen LogP contribution in [0.5, 0.6) is 0 Å². The number of aryl methyl sites for hydroxylation is 2. The quantitative estimate of drug-likeness (QED) is 0.803. The van der Waals surface area contributed by atoms with E-state index in [0.717, 1.165) is 40.0 Å². The summed E-state index contributed by atoms with van der Waals surface area (Å²) in [6.07, 6.45) is 3.60. The molecule has 0 fully saturated rings. The average Bonchev–Trinajstić information content (AvgIpc) is 2.44. The van der Waals surface area contributed by atoms with Gasteiger partial charge in [-0.2, -0.15) is 0 Å². The highest BCUT2D eigenvalue weighted by atomic mass is 14.6. The zero-order chi connectivity index (χ0) is 14.7. The molecule has 0 heterocycles. The Morgan fingerprint density at radius 3 is 2.25 bits per heavy atom. The van der Waals surface area contributed by atoms with Crippen LogP contribution in [0.15, 0.2) is 30.3 Å². The van der Waals surface area contributed by atoms with E-state index >= 15 is 0 Å². The molecule has 0 aliphatic carbocycles. The van der Waals surface area contributed by atoms with Crippen LogP contribution < -0.4 is 11.5 Å². The number of rotatable bonds is 4. The van der Waals surface area contributed by atoms with E-state index in [1.54, 1.807) is 0 Å². The number of nitrogen functional groups attached to an aromatic ring is 2. The molecule has 0 radical (unpaired) electrons. The molecule has 2 rings (SSSR count). The molecule has 2 heteroatoms. The second-order valence-corrected chi connectivity index (χ2v) is 5.50. The summed E-state index contributed by atoms with van der Waals surface area (Å²) >= 11 is 0. The first-order chi connectivity index (χ1) is 9.54. The van der Waals surface area contributed by atoms with Crippen molar-refractivity contribution in [3.05, 3.63) is 47.0 Å². The van der Waals surface area contributed by atoms with Crippen molar-refractivity contribution in [1.29, 1.82) is 0 Å². The molecule has 4 N–H and O–H groups in total. The van der Waals surface area contributed by atoms with Gasteiger partial charge in [-0.15, -0.1) is 0 Å². The van der Waals surface area contributed by atoms with Crippen molar-refractivity contribution in [2.75, 3.05) is 11.5 Å². The normalized spacial score (nSPS) is 10.8. The molecule has 2 aromatic carbocycles. The largest absolute Gasteiger partial charge is 0.398 e. The molecule has 20 heavy (non-hydrogen) atoms. The van der Waals surface area contributed by atoms with E-state index in [1.165, 1.54) is 18.4 Å². The van der Waals surface area contributed by atoms with Crippen LogP contribution >= 0.6 is 0 Å². The van der Waals surface area contributed by atoms with Gasteiger partial charge >= 0.3 is 0 Å². The minimum atomic E-state index is 0.801. The van der Waals surface area contributed by atoms with Crippen LogP contribution in [-0.4, -0.2) is 0 Å². The Morgan fingerprint density at radius 1 is 1.00 bits per heavy atom. The standard InChI is InChI=1S/C18H24N2/c1-4-5-6-14-7-9-15(10-8-14)17-13(3)18(20)12(2)11-16(17)19/h7-11H,4-6,19-20H2,1-3H3. The van der Waals surface area contributed by atoms with Crippen molar-refractivity contribution in [1.82, 2.24) is 0 Å². The molecule has 2 aromatic rings. The van der Waals surface area contributed by atoms with Crippen molar-refractivity contribution in [2.24, 2.45) is 0 Å². The highest BCUT2D eigenvalue weighted by molar-refractivity contribution is 5.84. The minimum Gasteiger partial charge on any atom is -0.398 e. The van der Waals surface area contributed by atoms with E-state index < -0.39 is 0 Å². The van der Waals surface area contributed by atoms with Crippen LogP contribution in [0.25, 0.3) is 11.1 Å². The summed E-state index contributed by atoms with van der Waals surface area (Å²) in [5.74, 6) is 0. The topological polar surface area (TPSA) is 52.0 Å². The van der Waals surface area contributed by atoms with E-state index in [1.807, 2.05) is 19.9 Å². The third-order valence-corrected chi connectivity index (χ3v) is 3.93. The lowest BCUT2D eigenvalue weighted by molar-refractivity contribution is 0.795. The smallest absolute Gasteiger partial charge is 0.0400 e. The van der Waals surface area contributed by atoms with Gasteiger partial charge in [0.1, 0.15) is 0 Å². The van der Waals surface area contributed by atoms with E-state index in [4.69, 9.17) is 11.5 Å². The van der Waals surface area contributed by atoms with E-state index in [-0.39, 0.29) is 0 Å². The van der Waals surface area contributed by atoms with Gasteiger partial charge in [0, 0.05) is 16.9 Å². The molecule has 0 bridgehead atoms. The predicted octanol–water partition coefficient (Wildman–Crippen LogP) is 4.48. The molecule has 0 saturated heterocycles. The summed E-state index contributed by atoms with van der Waals surface area (Å²) in [4.78, 5) is 0. The van der Waals surface area contributed by atoms with Gasteiger partial charge in [0.25, 0.3) is 0 Å². The SMILES string of the molecule is CCCCc1ccc(-c2c(N)cc(C)c(N)c2C)cc1. The van der Waals surface area contributed by atoms with Crippen LogP contribution in [0.4, 0.5) is 11.4 Å². The van der Waals surface area contributed by atoms with Gasteiger partial charge in [0.15, 0.2) is 0 Å². The van der Waals surface area contributed by atoms with Crippen molar-refractivity contribution in [2.45, 2.75) is 40.0 Å². The Hall–Kier alpha value is -1.96. The summed E-state index contributed by atoms with van der Waals surface area (Å²) < 4.78 is 0. The highest BCUT2D eigenvalue weighted by Gasteiger charge is 2.11. The lowest BCUT2D eigenvalue weighted by Gasteiger charge is -2.15. The molecule has 2 nitrogen and oxygen atoms in total. The van der Waals surface area contributed by atoms with Crippen LogP contribution in [0.2, 0.25) is 0 Å². The fourth-order valence-electron chi connectivity index (χ4n) is 2.63. The summed E-state index contributed by atoms with van der Waals surface area (Å²) in [6, 6.07) is 10.7. The van der Waals surface area contributed by atoms with Crippen molar-refractivity contribution in [3.63, 3.8) is 0 Å². The molecule has 0 aliphatic rings. The Bertz CT molecular complexity index is 598. The third kappa shape index (κ3) is 2.79. The van der Waals surface area contributed by atoms with Crippen LogP contribution in [0, 0.1) is 13.8 Å². The summed E-state index contributed by atoms with van der Waals surface area (Å²) in [7, 11) is 0. The van der Waals surface area contributed by atoms with E-state index in [2.05, 4.69) is 31.2 Å². The summed E-state index contributed by atoms with van der Waals surface area (Å²) in [5, 5.41) is 0. The van der Waals surface area contributed by atoms with E-state index in [9.17, 15) is 0 Å². The first kappa shape index (κ1) is 14.4. The minimum absolute atomic E-state index is 0.801. The first-order valence-corrected chi connectivity index (χ1v) is 7.29. The number of unbranched alkanes of at least 4 members (excludes halogenated alkanes) is 1. The van der Waals surface area contributed by atoms with Crippen molar-refractivity contribution >= 4 is 11.4 Å². The fraction of sp³-hybridized carbons (Fsp3) is 0.333. The summed E-state index contributed by atoms with van der Waals surface area (Å²) in [6.45, 7) is 6.25. The number of hydrogen-bond donors (Lipinski definition) is 2. The molecule has 0 unspecified atom stereocenters. The monoisotopic (exact) mass is 268 g/mol. The second kappa shape index (κ2) is 6.00. The van der Waals surface area contributed by atoms with Gasteiger partial charge < -0.3 is 11.5 Å². The first-order valence-electron chi connectivity index (χ1n) is 7.29. The number of nitrogens with two attached hydrogens (primary N) is 2. The number of anilines is 2. The van der Waals surface area contributed by atoms with Crippen LogP contribution in [0.3, 0.4) is 0 Å². The molecular formula is C18H24N2. The Kier molecular flexibility index (Phi) is 4.33. The van der Waals surface area contributed by atoms with Gasteiger partial charge in [-0.1, -0.05) is 37.6 Å². The van der Waals surface area contributed by atoms with Crippen molar-refractivity contribution < 1.29 is 0 Å². The van der Waals surface area contributed by atoms with Crippen molar-refractivity contribution in [3.8, 4) is 11.1 Å². The maximum Gasteiger partial charge on any atom is 0.0400 e. The average molecular weight is 268 g/mol. The lowest BCUT2D eigenvalue weighted by atomic mass is 9.94. The number of benzene rings is 2. The molecule has 0 aromatic heterocycles. The van der Waals surface area contributed by atoms with Gasteiger partial charge in [-0.3, -0.25) is 0 Å². The molecule has 0 atom stereocenters. The fourth-order valence-corrected chi connectivity index (χ4v) is 2.63. The highest BCUT2D eigenvalue weighted by Crippen LogP contribution is 2.35. The van der Waals surface area contributed by atoms with Gasteiger partial charge in [-0.05, 0) is 55.0 Å². The zero-order valence-corrected chi connectivity index (χ0v) is 12.7. The molecule has 0 amide bonds. The van der Waals surface area contributed by atoms with E-state index in [0.29, 0.717) is 0 Å². The molecule has 106 valence electrons. The Balaban J connectivity index is 2.39. The summed E-state index contributed by atoms with van der Waals surface area (Å²) in [5.41, 5.74) is 19.7. The predicted molar refractivity (Wildman–Crippen MR) is 88.8 cm³/mol. The van der Waals surface area contributed by atoms with Crippen LogP contribution in [-0.2, 0) is 6.42 Å². The third-order valence-electron chi connectivity index (χ3n) is 3.93. The maximum atomic E-state index is 6.19. The second-order valence-electron chi connectivity index (χ2n) is 5.50. The zero-order valence-electron chi connectivity index (χ0n) is 12.7. The Labute approximate surface area is 121 Å². The number of hydrogen-bond acceptors (Lipinski definition) is 2. The van der Waals surface area contributed by atoms with Gasteiger partial charge in [0.2, 0.25) is 0 Å². The molecular weight excluding hydrogens is 244 g/mol. The maximum absolute atomic E-state index is 6.19. The molecule has 0 spiro atoms. The molecule has 0 aliphatic heterocycles. The van der Waals surface area contributed by atoms with Gasteiger partial charge in [0.05, 0.1) is 0 Å². The Morgan fingerprint density at radius 2 is 1.65 bits per heavy atom. The molecule has 0 saturated carbocycles.